The van der Waals surface area contributed by atoms with Crippen LogP contribution in [0.2, 0.25) is 0 Å². The number of aromatic nitrogens is 1. The normalized spacial score (nSPS) is 11.0. The molecule has 6 heteroatoms. The van der Waals surface area contributed by atoms with E-state index in [0.717, 1.165) is 41.2 Å². The van der Waals surface area contributed by atoms with Crippen LogP contribution in [0.25, 0.3) is 10.9 Å². The van der Waals surface area contributed by atoms with Crippen LogP contribution in [0.3, 0.4) is 0 Å². The van der Waals surface area contributed by atoms with E-state index in [1.165, 1.54) is 11.8 Å². The molecule has 1 heterocycles. The Bertz CT molecular complexity index is 674. The Morgan fingerprint density at radius 2 is 2.04 bits per heavy atom. The van der Waals surface area contributed by atoms with Gasteiger partial charge in [-0.15, -0.1) is 11.8 Å². The predicted molar refractivity (Wildman–Crippen MR) is 97.8 cm³/mol. The largest absolute Gasteiger partial charge is 0.497 e. The summed E-state index contributed by atoms with van der Waals surface area (Å²) in [6, 6.07) is 7.65. The van der Waals surface area contributed by atoms with Crippen LogP contribution in [0.4, 0.5) is 0 Å². The van der Waals surface area contributed by atoms with Crippen molar-refractivity contribution in [1.82, 2.24) is 9.88 Å². The van der Waals surface area contributed by atoms with Gasteiger partial charge in [0.1, 0.15) is 12.4 Å². The molecule has 0 aliphatic rings. The SMILES string of the molecule is CCN(CC)CCOC(=O)CSc1ccnc2ccc(OC)cc12. The summed E-state index contributed by atoms with van der Waals surface area (Å²) in [5.74, 6) is 0.869. The maximum absolute atomic E-state index is 11.9. The highest BCUT2D eigenvalue weighted by molar-refractivity contribution is 8.00. The van der Waals surface area contributed by atoms with E-state index in [1.54, 1.807) is 13.3 Å². The number of esters is 1. The summed E-state index contributed by atoms with van der Waals surface area (Å²) in [6.07, 6.45) is 1.75. The zero-order valence-electron chi connectivity index (χ0n) is 14.4. The number of rotatable bonds is 9. The van der Waals surface area contributed by atoms with Gasteiger partial charge in [0.25, 0.3) is 0 Å². The number of carbonyl (C=O) groups excluding carboxylic acids is 1. The van der Waals surface area contributed by atoms with E-state index in [2.05, 4.69) is 23.7 Å². The zero-order chi connectivity index (χ0) is 17.4. The highest BCUT2D eigenvalue weighted by Gasteiger charge is 2.09. The molecule has 24 heavy (non-hydrogen) atoms. The summed E-state index contributed by atoms with van der Waals surface area (Å²) >= 11 is 1.46. The van der Waals surface area contributed by atoms with Gasteiger partial charge in [0.15, 0.2) is 0 Å². The standard InChI is InChI=1S/C18H24N2O3S/c1-4-20(5-2)10-11-23-18(21)13-24-17-8-9-19-16-7-6-14(22-3)12-15(16)17/h6-9,12H,4-5,10-11,13H2,1-3H3. The number of hydrogen-bond acceptors (Lipinski definition) is 6. The van der Waals surface area contributed by atoms with E-state index in [4.69, 9.17) is 9.47 Å². The second-order valence-electron chi connectivity index (χ2n) is 5.23. The third-order valence-electron chi connectivity index (χ3n) is 3.82. The van der Waals surface area contributed by atoms with Crippen molar-refractivity contribution in [3.05, 3.63) is 30.5 Å². The number of nitrogens with zero attached hydrogens (tertiary/aromatic N) is 2. The van der Waals surface area contributed by atoms with Crippen LogP contribution in [0, 0.1) is 0 Å². The van der Waals surface area contributed by atoms with E-state index in [-0.39, 0.29) is 11.7 Å². The molecule has 5 nitrogen and oxygen atoms in total. The predicted octanol–water partition coefficient (Wildman–Crippen LogP) is 3.22. The molecular formula is C18H24N2O3S. The molecule has 2 aromatic rings. The summed E-state index contributed by atoms with van der Waals surface area (Å²) in [4.78, 5) is 19.5. The lowest BCUT2D eigenvalue weighted by Crippen LogP contribution is -2.28. The number of carbonyl (C=O) groups is 1. The molecule has 0 unspecified atom stereocenters. The monoisotopic (exact) mass is 348 g/mol. The van der Waals surface area contributed by atoms with Gasteiger partial charge in [0.05, 0.1) is 18.4 Å². The van der Waals surface area contributed by atoms with Crippen LogP contribution in [0.15, 0.2) is 35.4 Å². The molecule has 0 saturated carbocycles. The number of likely N-dealkylation sites (N-methyl/N-ethyl adjacent to an activating group) is 1. The fraction of sp³-hybridized carbons (Fsp3) is 0.444. The molecule has 0 radical (unpaired) electrons. The van der Waals surface area contributed by atoms with Crippen LogP contribution in [-0.4, -0.2) is 55.0 Å². The first-order valence-corrected chi connectivity index (χ1v) is 9.10. The van der Waals surface area contributed by atoms with Crippen LogP contribution in [0.1, 0.15) is 13.8 Å². The average molecular weight is 348 g/mol. The first-order chi connectivity index (χ1) is 11.7. The van der Waals surface area contributed by atoms with Crippen LogP contribution < -0.4 is 4.74 Å². The Morgan fingerprint density at radius 1 is 1.25 bits per heavy atom. The minimum atomic E-state index is -0.194. The van der Waals surface area contributed by atoms with Crippen molar-refractivity contribution in [2.75, 3.05) is 39.1 Å². The van der Waals surface area contributed by atoms with E-state index in [9.17, 15) is 4.79 Å². The highest BCUT2D eigenvalue weighted by Crippen LogP contribution is 2.29. The van der Waals surface area contributed by atoms with Crippen molar-refractivity contribution in [3.63, 3.8) is 0 Å². The van der Waals surface area contributed by atoms with Crippen LogP contribution >= 0.6 is 11.8 Å². The molecule has 0 amide bonds. The lowest BCUT2D eigenvalue weighted by atomic mass is 10.2. The number of fused-ring (bicyclic) bond motifs is 1. The fourth-order valence-corrected chi connectivity index (χ4v) is 3.19. The van der Waals surface area contributed by atoms with Crippen LogP contribution in [-0.2, 0) is 9.53 Å². The van der Waals surface area contributed by atoms with Gasteiger partial charge >= 0.3 is 5.97 Å². The number of hydrogen-bond donors (Lipinski definition) is 0. The Labute approximate surface area is 147 Å². The van der Waals surface area contributed by atoms with Crippen LogP contribution in [0.5, 0.6) is 5.75 Å². The van der Waals surface area contributed by atoms with Crippen molar-refractivity contribution < 1.29 is 14.3 Å². The molecule has 0 atom stereocenters. The molecule has 2 rings (SSSR count). The lowest BCUT2D eigenvalue weighted by molar-refractivity contribution is -0.140. The lowest BCUT2D eigenvalue weighted by Gasteiger charge is -2.17. The highest BCUT2D eigenvalue weighted by atomic mass is 32.2. The van der Waals surface area contributed by atoms with Gasteiger partial charge in [-0.3, -0.25) is 9.78 Å². The van der Waals surface area contributed by atoms with Crippen molar-refractivity contribution in [1.29, 1.82) is 0 Å². The summed E-state index contributed by atoms with van der Waals surface area (Å²) in [7, 11) is 1.64. The van der Waals surface area contributed by atoms with Gasteiger partial charge in [0.2, 0.25) is 0 Å². The van der Waals surface area contributed by atoms with Crippen molar-refractivity contribution in [3.8, 4) is 5.75 Å². The average Bonchev–Trinajstić information content (AvgIpc) is 2.63. The summed E-state index contributed by atoms with van der Waals surface area (Å²) in [6.45, 7) is 7.35. The van der Waals surface area contributed by atoms with Crippen molar-refractivity contribution in [2.45, 2.75) is 18.7 Å². The van der Waals surface area contributed by atoms with E-state index in [1.807, 2.05) is 24.3 Å². The first kappa shape index (κ1) is 18.5. The molecule has 1 aromatic carbocycles. The van der Waals surface area contributed by atoms with E-state index in [0.29, 0.717) is 6.61 Å². The minimum Gasteiger partial charge on any atom is -0.497 e. The molecule has 1 aromatic heterocycles. The second-order valence-corrected chi connectivity index (χ2v) is 6.25. The van der Waals surface area contributed by atoms with Gasteiger partial charge in [-0.2, -0.15) is 0 Å². The number of benzene rings is 1. The van der Waals surface area contributed by atoms with Crippen molar-refractivity contribution in [2.24, 2.45) is 0 Å². The first-order valence-electron chi connectivity index (χ1n) is 8.11. The smallest absolute Gasteiger partial charge is 0.316 e. The van der Waals surface area contributed by atoms with Crippen molar-refractivity contribution >= 4 is 28.6 Å². The molecule has 0 bridgehead atoms. The maximum atomic E-state index is 11.9. The van der Waals surface area contributed by atoms with Gasteiger partial charge in [-0.1, -0.05) is 13.8 Å². The summed E-state index contributed by atoms with van der Waals surface area (Å²) in [5, 5.41) is 0.984. The topological polar surface area (TPSA) is 51.7 Å². The Kier molecular flexibility index (Phi) is 7.34. The van der Waals surface area contributed by atoms with Gasteiger partial charge in [0, 0.05) is 23.0 Å². The number of methoxy groups -OCH3 is 1. The molecule has 0 spiro atoms. The molecule has 0 aliphatic carbocycles. The zero-order valence-corrected chi connectivity index (χ0v) is 15.3. The summed E-state index contributed by atoms with van der Waals surface area (Å²) < 4.78 is 10.6. The summed E-state index contributed by atoms with van der Waals surface area (Å²) in [5.41, 5.74) is 0.885. The molecule has 0 saturated heterocycles. The quantitative estimate of drug-likeness (QED) is 0.512. The van der Waals surface area contributed by atoms with E-state index >= 15 is 0 Å². The Morgan fingerprint density at radius 3 is 2.75 bits per heavy atom. The molecular weight excluding hydrogens is 324 g/mol. The molecule has 0 fully saturated rings. The number of thioether (sulfide) groups is 1. The maximum Gasteiger partial charge on any atom is 0.316 e. The fourth-order valence-electron chi connectivity index (χ4n) is 2.36. The van der Waals surface area contributed by atoms with Gasteiger partial charge < -0.3 is 14.4 Å². The molecule has 0 N–H and O–H groups in total. The third kappa shape index (κ3) is 5.11. The molecule has 0 aliphatic heterocycles. The van der Waals surface area contributed by atoms with E-state index < -0.39 is 0 Å². The minimum absolute atomic E-state index is 0.194. The molecule has 130 valence electrons. The van der Waals surface area contributed by atoms with Gasteiger partial charge in [-0.05, 0) is 37.4 Å². The van der Waals surface area contributed by atoms with Gasteiger partial charge in [-0.25, -0.2) is 0 Å². The third-order valence-corrected chi connectivity index (χ3v) is 4.87. The Hall–Kier alpha value is -1.79. The second kappa shape index (κ2) is 9.49. The number of pyridine rings is 1. The number of ether oxygens (including phenoxy) is 2. The Balaban J connectivity index is 1.92.